The molecule has 3 nitrogen and oxygen atoms in total. The molecule has 2 aromatic rings. The lowest BCUT2D eigenvalue weighted by molar-refractivity contribution is 0.620. The van der Waals surface area contributed by atoms with E-state index in [1.807, 2.05) is 7.05 Å². The van der Waals surface area contributed by atoms with Gasteiger partial charge in [-0.15, -0.1) is 0 Å². The van der Waals surface area contributed by atoms with Crippen LogP contribution < -0.4 is 0 Å². The van der Waals surface area contributed by atoms with Crippen LogP contribution in [0.4, 0.5) is 4.39 Å². The molecule has 0 spiro atoms. The molecule has 84 valence electrons. The second kappa shape index (κ2) is 4.97. The van der Waals surface area contributed by atoms with Crippen molar-refractivity contribution in [3.63, 3.8) is 0 Å². The molecule has 0 saturated carbocycles. The number of aromatic nitrogens is 3. The Balaban J connectivity index is 2.05. The van der Waals surface area contributed by atoms with Crippen molar-refractivity contribution in [1.29, 1.82) is 0 Å². The third kappa shape index (κ3) is 2.62. The van der Waals surface area contributed by atoms with E-state index in [0.717, 1.165) is 16.5 Å². The van der Waals surface area contributed by atoms with E-state index >= 15 is 0 Å². The standard InChI is InChI=1S/C10H9BrFN3S/c1-15-10(13-6-14-15)16-5-7-2-3-9(12)8(11)4-7/h2-4,6H,5H2,1H3. The van der Waals surface area contributed by atoms with Gasteiger partial charge in [-0.1, -0.05) is 17.8 Å². The summed E-state index contributed by atoms with van der Waals surface area (Å²) >= 11 is 4.73. The third-order valence-corrected chi connectivity index (χ3v) is 3.74. The zero-order valence-electron chi connectivity index (χ0n) is 8.52. The van der Waals surface area contributed by atoms with Gasteiger partial charge in [0.15, 0.2) is 5.16 Å². The Morgan fingerprint density at radius 3 is 2.94 bits per heavy atom. The molecule has 0 unspecified atom stereocenters. The van der Waals surface area contributed by atoms with Crippen LogP contribution in [0.5, 0.6) is 0 Å². The van der Waals surface area contributed by atoms with Crippen LogP contribution in [-0.4, -0.2) is 14.8 Å². The molecular formula is C10H9BrFN3S. The normalized spacial score (nSPS) is 10.7. The van der Waals surface area contributed by atoms with E-state index in [4.69, 9.17) is 0 Å². The lowest BCUT2D eigenvalue weighted by Crippen LogP contribution is -1.93. The Kier molecular flexibility index (Phi) is 3.60. The Hall–Kier alpha value is -0.880. The highest BCUT2D eigenvalue weighted by molar-refractivity contribution is 9.10. The Bertz CT molecular complexity index is 501. The van der Waals surface area contributed by atoms with E-state index in [0.29, 0.717) is 4.47 Å². The first-order chi connectivity index (χ1) is 7.66. The molecule has 6 heteroatoms. The summed E-state index contributed by atoms with van der Waals surface area (Å²) in [5.41, 5.74) is 1.04. The van der Waals surface area contributed by atoms with Crippen LogP contribution in [0.15, 0.2) is 34.2 Å². The zero-order valence-corrected chi connectivity index (χ0v) is 10.9. The molecule has 0 saturated heterocycles. The van der Waals surface area contributed by atoms with Crippen LogP contribution >= 0.6 is 27.7 Å². The maximum Gasteiger partial charge on any atom is 0.186 e. The quantitative estimate of drug-likeness (QED) is 0.817. The topological polar surface area (TPSA) is 30.7 Å². The van der Waals surface area contributed by atoms with Crippen LogP contribution in [0.3, 0.4) is 0 Å². The van der Waals surface area contributed by atoms with E-state index in [-0.39, 0.29) is 5.82 Å². The summed E-state index contributed by atoms with van der Waals surface area (Å²) in [5, 5.41) is 4.82. The molecule has 1 heterocycles. The molecule has 2 rings (SSSR count). The minimum absolute atomic E-state index is 0.243. The van der Waals surface area contributed by atoms with Crippen molar-refractivity contribution in [2.75, 3.05) is 0 Å². The molecule has 1 aromatic carbocycles. The van der Waals surface area contributed by atoms with Gasteiger partial charge >= 0.3 is 0 Å². The average molecular weight is 302 g/mol. The first-order valence-corrected chi connectivity index (χ1v) is 6.35. The van der Waals surface area contributed by atoms with Crippen LogP contribution in [0, 0.1) is 5.82 Å². The summed E-state index contributed by atoms with van der Waals surface area (Å²) in [7, 11) is 1.84. The maximum atomic E-state index is 13.0. The Labute approximate surface area is 105 Å². The second-order valence-electron chi connectivity index (χ2n) is 3.20. The van der Waals surface area contributed by atoms with Crippen molar-refractivity contribution in [3.8, 4) is 0 Å². The Morgan fingerprint density at radius 2 is 2.31 bits per heavy atom. The van der Waals surface area contributed by atoms with Crippen molar-refractivity contribution in [2.45, 2.75) is 10.9 Å². The van der Waals surface area contributed by atoms with Gasteiger partial charge in [0.25, 0.3) is 0 Å². The fourth-order valence-electron chi connectivity index (χ4n) is 1.19. The first-order valence-electron chi connectivity index (χ1n) is 4.57. The number of benzene rings is 1. The highest BCUT2D eigenvalue weighted by Crippen LogP contribution is 2.23. The van der Waals surface area contributed by atoms with Crippen LogP contribution in [0.2, 0.25) is 0 Å². The van der Waals surface area contributed by atoms with E-state index in [9.17, 15) is 4.39 Å². The minimum Gasteiger partial charge on any atom is -0.244 e. The number of hydrogen-bond donors (Lipinski definition) is 0. The molecule has 0 N–H and O–H groups in total. The number of thioether (sulfide) groups is 1. The summed E-state index contributed by atoms with van der Waals surface area (Å²) in [6.07, 6.45) is 1.52. The van der Waals surface area contributed by atoms with Crippen LogP contribution in [0.25, 0.3) is 0 Å². The predicted octanol–water partition coefficient (Wildman–Crippen LogP) is 3.01. The van der Waals surface area contributed by atoms with Gasteiger partial charge in [-0.25, -0.2) is 14.1 Å². The SMILES string of the molecule is Cn1ncnc1SCc1ccc(F)c(Br)c1. The molecule has 0 bridgehead atoms. The molecule has 0 atom stereocenters. The maximum absolute atomic E-state index is 13.0. The van der Waals surface area contributed by atoms with Gasteiger partial charge in [0, 0.05) is 12.8 Å². The molecule has 0 fully saturated rings. The van der Waals surface area contributed by atoms with E-state index in [1.165, 1.54) is 12.4 Å². The van der Waals surface area contributed by atoms with Crippen molar-refractivity contribution < 1.29 is 4.39 Å². The van der Waals surface area contributed by atoms with Gasteiger partial charge in [-0.2, -0.15) is 5.10 Å². The number of halogens is 2. The average Bonchev–Trinajstić information content (AvgIpc) is 2.66. The summed E-state index contributed by atoms with van der Waals surface area (Å²) in [4.78, 5) is 4.10. The second-order valence-corrected chi connectivity index (χ2v) is 5.00. The van der Waals surface area contributed by atoms with Crippen molar-refractivity contribution >= 4 is 27.7 Å². The molecule has 0 aliphatic heterocycles. The van der Waals surface area contributed by atoms with Crippen molar-refractivity contribution in [1.82, 2.24) is 14.8 Å². The smallest absolute Gasteiger partial charge is 0.186 e. The van der Waals surface area contributed by atoms with Gasteiger partial charge in [0.2, 0.25) is 0 Å². The van der Waals surface area contributed by atoms with E-state index in [1.54, 1.807) is 28.6 Å². The fraction of sp³-hybridized carbons (Fsp3) is 0.200. The van der Waals surface area contributed by atoms with Gasteiger partial charge in [-0.3, -0.25) is 0 Å². The molecule has 0 amide bonds. The molecule has 0 aliphatic rings. The molecular weight excluding hydrogens is 293 g/mol. The predicted molar refractivity (Wildman–Crippen MR) is 64.7 cm³/mol. The van der Waals surface area contributed by atoms with E-state index < -0.39 is 0 Å². The van der Waals surface area contributed by atoms with Crippen molar-refractivity contribution in [3.05, 3.63) is 40.4 Å². The van der Waals surface area contributed by atoms with Gasteiger partial charge < -0.3 is 0 Å². The minimum atomic E-state index is -0.243. The molecule has 0 radical (unpaired) electrons. The van der Waals surface area contributed by atoms with Gasteiger partial charge in [-0.05, 0) is 33.6 Å². The molecule has 1 aromatic heterocycles. The summed E-state index contributed by atoms with van der Waals surface area (Å²) in [6, 6.07) is 5.00. The number of aryl methyl sites for hydroxylation is 1. The first kappa shape index (κ1) is 11.6. The lowest BCUT2D eigenvalue weighted by Gasteiger charge is -2.02. The summed E-state index contributed by atoms with van der Waals surface area (Å²) in [6.45, 7) is 0. The number of nitrogens with zero attached hydrogens (tertiary/aromatic N) is 3. The number of hydrogen-bond acceptors (Lipinski definition) is 3. The molecule has 16 heavy (non-hydrogen) atoms. The van der Waals surface area contributed by atoms with Gasteiger partial charge in [0.1, 0.15) is 12.1 Å². The summed E-state index contributed by atoms with van der Waals surface area (Å²) < 4.78 is 15.2. The summed E-state index contributed by atoms with van der Waals surface area (Å²) in [5.74, 6) is 0.498. The third-order valence-electron chi connectivity index (χ3n) is 2.02. The van der Waals surface area contributed by atoms with Gasteiger partial charge in [0.05, 0.1) is 4.47 Å². The van der Waals surface area contributed by atoms with Crippen LogP contribution in [0.1, 0.15) is 5.56 Å². The highest BCUT2D eigenvalue weighted by atomic mass is 79.9. The monoisotopic (exact) mass is 301 g/mol. The van der Waals surface area contributed by atoms with Crippen LogP contribution in [-0.2, 0) is 12.8 Å². The van der Waals surface area contributed by atoms with Crippen molar-refractivity contribution in [2.24, 2.45) is 7.05 Å². The zero-order chi connectivity index (χ0) is 11.5. The Morgan fingerprint density at radius 1 is 1.50 bits per heavy atom. The molecule has 0 aliphatic carbocycles. The largest absolute Gasteiger partial charge is 0.244 e. The highest BCUT2D eigenvalue weighted by Gasteiger charge is 2.04. The lowest BCUT2D eigenvalue weighted by atomic mass is 10.2. The number of rotatable bonds is 3. The fourth-order valence-corrected chi connectivity index (χ4v) is 2.45. The van der Waals surface area contributed by atoms with E-state index in [2.05, 4.69) is 26.0 Å².